The highest BCUT2D eigenvalue weighted by Gasteiger charge is 2.23. The Balaban J connectivity index is 1.85. The van der Waals surface area contributed by atoms with Gasteiger partial charge < -0.3 is 10.6 Å². The van der Waals surface area contributed by atoms with Gasteiger partial charge in [0.05, 0.1) is 5.56 Å². The largest absolute Gasteiger partial charge is 0.349 e. The fraction of sp³-hybridized carbons (Fsp3) is 0.562. The highest BCUT2D eigenvalue weighted by Crippen LogP contribution is 2.19. The van der Waals surface area contributed by atoms with Gasteiger partial charge in [-0.15, -0.1) is 0 Å². The van der Waals surface area contributed by atoms with Crippen LogP contribution in [0.3, 0.4) is 0 Å². The number of nitrogens with one attached hydrogen (secondary N) is 2. The smallest absolute Gasteiger partial charge is 0.254 e. The van der Waals surface area contributed by atoms with Crippen LogP contribution in [0.1, 0.15) is 49.4 Å². The van der Waals surface area contributed by atoms with Gasteiger partial charge in [-0.3, -0.25) is 4.79 Å². The third-order valence-electron chi connectivity index (χ3n) is 3.92. The van der Waals surface area contributed by atoms with Crippen LogP contribution >= 0.6 is 0 Å². The summed E-state index contributed by atoms with van der Waals surface area (Å²) in [5.74, 6) is -1.82. The van der Waals surface area contributed by atoms with Gasteiger partial charge in [0.1, 0.15) is 11.6 Å². The Kier molecular flexibility index (Phi) is 5.67. The van der Waals surface area contributed by atoms with Crippen LogP contribution in [0.15, 0.2) is 18.2 Å². The maximum Gasteiger partial charge on any atom is 0.254 e. The van der Waals surface area contributed by atoms with E-state index >= 15 is 0 Å². The predicted octanol–water partition coefficient (Wildman–Crippen LogP) is 3.01. The first-order valence-corrected chi connectivity index (χ1v) is 7.59. The van der Waals surface area contributed by atoms with Crippen molar-refractivity contribution in [3.8, 4) is 0 Å². The summed E-state index contributed by atoms with van der Waals surface area (Å²) in [6.45, 7) is 3.14. The van der Waals surface area contributed by atoms with E-state index in [1.54, 1.807) is 0 Å². The second-order valence-corrected chi connectivity index (χ2v) is 5.60. The summed E-state index contributed by atoms with van der Waals surface area (Å²) in [7, 11) is 0. The molecule has 0 unspecified atom stereocenters. The van der Waals surface area contributed by atoms with Crippen molar-refractivity contribution >= 4 is 5.91 Å². The minimum atomic E-state index is -0.688. The molecule has 0 bridgehead atoms. The van der Waals surface area contributed by atoms with Crippen molar-refractivity contribution in [1.29, 1.82) is 0 Å². The van der Waals surface area contributed by atoms with Crippen molar-refractivity contribution in [2.75, 3.05) is 6.54 Å². The van der Waals surface area contributed by atoms with E-state index in [1.165, 1.54) is 0 Å². The normalized spacial score (nSPS) is 22.0. The number of halogens is 2. The van der Waals surface area contributed by atoms with Crippen LogP contribution < -0.4 is 10.6 Å². The van der Waals surface area contributed by atoms with Crippen LogP contribution in [-0.2, 0) is 0 Å². The lowest BCUT2D eigenvalue weighted by molar-refractivity contribution is 0.0919. The third kappa shape index (κ3) is 4.49. The van der Waals surface area contributed by atoms with Crippen LogP contribution in [-0.4, -0.2) is 24.5 Å². The second kappa shape index (κ2) is 7.50. The third-order valence-corrected chi connectivity index (χ3v) is 3.92. The van der Waals surface area contributed by atoms with E-state index in [9.17, 15) is 13.6 Å². The highest BCUT2D eigenvalue weighted by molar-refractivity contribution is 5.94. The summed E-state index contributed by atoms with van der Waals surface area (Å²) in [5, 5.41) is 6.28. The molecule has 0 spiro atoms. The standard InChI is InChI=1S/C16H22F2N2O/c1-2-9-19-12-4-6-13(7-5-12)20-16(21)14-10-11(17)3-8-15(14)18/h3,8,10,12-13,19H,2,4-7,9H2,1H3,(H,20,21). The van der Waals surface area contributed by atoms with Gasteiger partial charge in [0.15, 0.2) is 0 Å². The van der Waals surface area contributed by atoms with E-state index in [0.717, 1.165) is 56.8 Å². The zero-order chi connectivity index (χ0) is 15.2. The van der Waals surface area contributed by atoms with E-state index < -0.39 is 17.5 Å². The molecule has 2 rings (SSSR count). The minimum Gasteiger partial charge on any atom is -0.349 e. The Bertz CT molecular complexity index is 485. The fourth-order valence-corrected chi connectivity index (χ4v) is 2.72. The molecule has 3 nitrogen and oxygen atoms in total. The summed E-state index contributed by atoms with van der Waals surface area (Å²) in [4.78, 5) is 12.0. The van der Waals surface area contributed by atoms with Gasteiger partial charge in [-0.2, -0.15) is 0 Å². The first-order valence-electron chi connectivity index (χ1n) is 7.59. The molecule has 0 radical (unpaired) electrons. The zero-order valence-electron chi connectivity index (χ0n) is 12.3. The average molecular weight is 296 g/mol. The molecule has 0 heterocycles. The molecule has 2 N–H and O–H groups in total. The van der Waals surface area contributed by atoms with Gasteiger partial charge in [0, 0.05) is 12.1 Å². The molecule has 1 fully saturated rings. The number of hydrogen-bond donors (Lipinski definition) is 2. The molecule has 1 aliphatic rings. The Hall–Kier alpha value is -1.49. The molecule has 21 heavy (non-hydrogen) atoms. The maximum atomic E-state index is 13.5. The predicted molar refractivity (Wildman–Crippen MR) is 78.2 cm³/mol. The molecule has 1 aromatic rings. The molecular weight excluding hydrogens is 274 g/mol. The molecule has 0 atom stereocenters. The van der Waals surface area contributed by atoms with Crippen LogP contribution in [0, 0.1) is 11.6 Å². The summed E-state index contributed by atoms with van der Waals surface area (Å²) in [5.41, 5.74) is -0.221. The summed E-state index contributed by atoms with van der Waals surface area (Å²) < 4.78 is 26.6. The molecule has 0 saturated heterocycles. The Morgan fingerprint density at radius 2 is 1.86 bits per heavy atom. The van der Waals surface area contributed by atoms with Crippen molar-refractivity contribution in [2.24, 2.45) is 0 Å². The summed E-state index contributed by atoms with van der Waals surface area (Å²) in [6.07, 6.45) is 4.83. The summed E-state index contributed by atoms with van der Waals surface area (Å²) >= 11 is 0. The van der Waals surface area contributed by atoms with Crippen LogP contribution in [0.5, 0.6) is 0 Å². The zero-order valence-corrected chi connectivity index (χ0v) is 12.3. The minimum absolute atomic E-state index is 0.0415. The molecule has 116 valence electrons. The molecule has 5 heteroatoms. The number of rotatable bonds is 5. The monoisotopic (exact) mass is 296 g/mol. The van der Waals surface area contributed by atoms with Crippen molar-refractivity contribution in [1.82, 2.24) is 10.6 Å². The van der Waals surface area contributed by atoms with Crippen LogP contribution in [0.4, 0.5) is 8.78 Å². The molecular formula is C16H22F2N2O. The van der Waals surface area contributed by atoms with Gasteiger partial charge in [0.25, 0.3) is 5.91 Å². The van der Waals surface area contributed by atoms with Crippen molar-refractivity contribution in [3.63, 3.8) is 0 Å². The topological polar surface area (TPSA) is 41.1 Å². The SMILES string of the molecule is CCCNC1CCC(NC(=O)c2cc(F)ccc2F)CC1. The fourth-order valence-electron chi connectivity index (χ4n) is 2.72. The van der Waals surface area contributed by atoms with E-state index in [0.29, 0.717) is 6.04 Å². The lowest BCUT2D eigenvalue weighted by Gasteiger charge is -2.29. The van der Waals surface area contributed by atoms with Gasteiger partial charge in [-0.1, -0.05) is 6.92 Å². The Morgan fingerprint density at radius 3 is 2.52 bits per heavy atom. The van der Waals surface area contributed by atoms with Crippen LogP contribution in [0.25, 0.3) is 0 Å². The van der Waals surface area contributed by atoms with E-state index in [1.807, 2.05) is 0 Å². The van der Waals surface area contributed by atoms with Gasteiger partial charge >= 0.3 is 0 Å². The number of carbonyl (C=O) groups excluding carboxylic acids is 1. The average Bonchev–Trinajstić information content (AvgIpc) is 2.49. The number of benzene rings is 1. The summed E-state index contributed by atoms with van der Waals surface area (Å²) in [6, 6.07) is 3.48. The van der Waals surface area contributed by atoms with Gasteiger partial charge in [-0.25, -0.2) is 8.78 Å². The highest BCUT2D eigenvalue weighted by atomic mass is 19.1. The van der Waals surface area contributed by atoms with Crippen LogP contribution in [0.2, 0.25) is 0 Å². The van der Waals surface area contributed by atoms with E-state index in [-0.39, 0.29) is 11.6 Å². The first-order chi connectivity index (χ1) is 10.1. The van der Waals surface area contributed by atoms with Crippen molar-refractivity contribution in [3.05, 3.63) is 35.4 Å². The number of carbonyl (C=O) groups is 1. The molecule has 1 saturated carbocycles. The quantitative estimate of drug-likeness (QED) is 0.877. The maximum absolute atomic E-state index is 13.5. The number of hydrogen-bond acceptors (Lipinski definition) is 2. The second-order valence-electron chi connectivity index (χ2n) is 5.60. The lowest BCUT2D eigenvalue weighted by atomic mass is 9.91. The lowest BCUT2D eigenvalue weighted by Crippen LogP contribution is -2.42. The molecule has 1 aromatic carbocycles. The van der Waals surface area contributed by atoms with Gasteiger partial charge in [-0.05, 0) is 56.8 Å². The Labute approximate surface area is 124 Å². The van der Waals surface area contributed by atoms with Crippen molar-refractivity contribution < 1.29 is 13.6 Å². The van der Waals surface area contributed by atoms with E-state index in [4.69, 9.17) is 0 Å². The molecule has 1 amide bonds. The Morgan fingerprint density at radius 1 is 1.19 bits per heavy atom. The van der Waals surface area contributed by atoms with Gasteiger partial charge in [0.2, 0.25) is 0 Å². The molecule has 0 aromatic heterocycles. The first kappa shape index (κ1) is 15.9. The molecule has 1 aliphatic carbocycles. The van der Waals surface area contributed by atoms with Crippen molar-refractivity contribution in [2.45, 2.75) is 51.1 Å². The van der Waals surface area contributed by atoms with E-state index in [2.05, 4.69) is 17.6 Å². The number of amides is 1. The molecule has 0 aliphatic heterocycles.